The number of carboxylic acid groups (broad SMARTS) is 3. The van der Waals surface area contributed by atoms with Crippen molar-refractivity contribution in [2.24, 2.45) is 0 Å². The fraction of sp³-hybridized carbons (Fsp3) is 0.500. The Hall–Kier alpha value is -1.12. The summed E-state index contributed by atoms with van der Waals surface area (Å²) >= 11 is 0. The fourth-order valence-electron chi connectivity index (χ4n) is 1.09. The van der Waals surface area contributed by atoms with Crippen LogP contribution >= 0.6 is 0 Å². The molecule has 0 aromatic carbocycles. The maximum absolute atomic E-state index is 10.8. The standard InChI is InChI=1S/C8H10O8.Na.H/c1-4(9)16-8(7(14)15,2-5(10)11)3-6(12)13;;/h2-3H2,1H3,(H,10,11)(H,12,13)(H,14,15);;/q;+1;-1. The first-order valence-electron chi connectivity index (χ1n) is 4.06. The van der Waals surface area contributed by atoms with Crippen molar-refractivity contribution in [3.63, 3.8) is 0 Å². The van der Waals surface area contributed by atoms with Crippen molar-refractivity contribution in [3.05, 3.63) is 0 Å². The quantitative estimate of drug-likeness (QED) is 0.328. The molecule has 0 amide bonds. The molecule has 0 spiro atoms. The van der Waals surface area contributed by atoms with E-state index in [1.807, 2.05) is 0 Å². The minimum atomic E-state index is -2.57. The Balaban J connectivity index is -0.00000112. The van der Waals surface area contributed by atoms with E-state index in [1.54, 1.807) is 0 Å². The Morgan fingerprint density at radius 3 is 1.59 bits per heavy atom. The summed E-state index contributed by atoms with van der Waals surface area (Å²) < 4.78 is 4.32. The summed E-state index contributed by atoms with van der Waals surface area (Å²) in [5, 5.41) is 25.7. The van der Waals surface area contributed by atoms with E-state index < -0.39 is 42.3 Å². The SMILES string of the molecule is CC(=O)OC(CC(=O)O)(CC(=O)O)C(=O)O.[H-].[Na+]. The number of rotatable bonds is 6. The van der Waals surface area contributed by atoms with Gasteiger partial charge in [-0.25, -0.2) is 4.79 Å². The molecule has 0 rings (SSSR count). The molecule has 0 aliphatic rings. The van der Waals surface area contributed by atoms with Crippen LogP contribution in [0.15, 0.2) is 0 Å². The Morgan fingerprint density at radius 1 is 1.06 bits per heavy atom. The zero-order valence-electron chi connectivity index (χ0n) is 10.3. The number of carbonyl (C=O) groups excluding carboxylic acids is 1. The zero-order valence-corrected chi connectivity index (χ0v) is 11.3. The topological polar surface area (TPSA) is 138 Å². The van der Waals surface area contributed by atoms with Crippen LogP contribution in [0.25, 0.3) is 0 Å². The van der Waals surface area contributed by atoms with E-state index in [9.17, 15) is 19.2 Å². The summed E-state index contributed by atoms with van der Waals surface area (Å²) in [6.07, 6.45) is -2.23. The van der Waals surface area contributed by atoms with E-state index in [4.69, 9.17) is 15.3 Å². The molecule has 17 heavy (non-hydrogen) atoms. The van der Waals surface area contributed by atoms with Crippen molar-refractivity contribution in [1.29, 1.82) is 0 Å². The van der Waals surface area contributed by atoms with Crippen LogP contribution in [0.5, 0.6) is 0 Å². The molecule has 0 radical (unpaired) electrons. The van der Waals surface area contributed by atoms with E-state index >= 15 is 0 Å². The third-order valence-corrected chi connectivity index (χ3v) is 1.60. The summed E-state index contributed by atoms with van der Waals surface area (Å²) in [5.74, 6) is -6.03. The van der Waals surface area contributed by atoms with Gasteiger partial charge < -0.3 is 21.5 Å². The molecule has 0 aromatic rings. The van der Waals surface area contributed by atoms with Crippen molar-refractivity contribution in [3.8, 4) is 0 Å². The van der Waals surface area contributed by atoms with Crippen LogP contribution in [-0.2, 0) is 23.9 Å². The molecule has 0 saturated heterocycles. The predicted molar refractivity (Wildman–Crippen MR) is 47.8 cm³/mol. The maximum Gasteiger partial charge on any atom is 1.00 e. The van der Waals surface area contributed by atoms with Crippen molar-refractivity contribution in [2.45, 2.75) is 25.4 Å². The van der Waals surface area contributed by atoms with E-state index in [0.717, 1.165) is 6.92 Å². The summed E-state index contributed by atoms with van der Waals surface area (Å²) in [4.78, 5) is 42.3. The van der Waals surface area contributed by atoms with Gasteiger partial charge in [-0.15, -0.1) is 0 Å². The molecule has 0 aliphatic heterocycles. The van der Waals surface area contributed by atoms with Crippen LogP contribution in [0.2, 0.25) is 0 Å². The van der Waals surface area contributed by atoms with Crippen LogP contribution in [-0.4, -0.2) is 44.8 Å². The number of carboxylic acids is 3. The minimum Gasteiger partial charge on any atom is -1.00 e. The van der Waals surface area contributed by atoms with Crippen LogP contribution in [0.3, 0.4) is 0 Å². The smallest absolute Gasteiger partial charge is 1.00 e. The molecule has 0 atom stereocenters. The molecular formula is C8H11NaO8. The Labute approximate surface area is 119 Å². The second-order valence-corrected chi connectivity index (χ2v) is 3.03. The van der Waals surface area contributed by atoms with E-state index in [-0.39, 0.29) is 31.0 Å². The van der Waals surface area contributed by atoms with Crippen molar-refractivity contribution in [2.75, 3.05) is 0 Å². The second kappa shape index (κ2) is 7.25. The van der Waals surface area contributed by atoms with Gasteiger partial charge in [0.1, 0.15) is 0 Å². The van der Waals surface area contributed by atoms with Crippen molar-refractivity contribution in [1.82, 2.24) is 0 Å². The molecule has 0 saturated carbocycles. The van der Waals surface area contributed by atoms with Gasteiger partial charge >= 0.3 is 53.4 Å². The average molecular weight is 258 g/mol. The summed E-state index contributed by atoms with van der Waals surface area (Å²) in [6, 6.07) is 0. The maximum atomic E-state index is 10.8. The zero-order chi connectivity index (χ0) is 12.9. The van der Waals surface area contributed by atoms with Crippen molar-refractivity contribution >= 4 is 23.9 Å². The first kappa shape index (κ1) is 18.3. The fourth-order valence-corrected chi connectivity index (χ4v) is 1.09. The molecule has 9 heteroatoms. The third kappa shape index (κ3) is 6.25. The molecule has 0 aromatic heterocycles. The largest absolute Gasteiger partial charge is 1.00 e. The van der Waals surface area contributed by atoms with Gasteiger partial charge in [0.2, 0.25) is 5.60 Å². The Bertz CT molecular complexity index is 301. The van der Waals surface area contributed by atoms with Gasteiger partial charge in [-0.05, 0) is 0 Å². The third-order valence-electron chi connectivity index (χ3n) is 1.60. The molecule has 0 bridgehead atoms. The minimum absolute atomic E-state index is 0. The number of hydrogen-bond donors (Lipinski definition) is 3. The van der Waals surface area contributed by atoms with Gasteiger partial charge in [0.25, 0.3) is 0 Å². The van der Waals surface area contributed by atoms with Gasteiger partial charge in [0.05, 0.1) is 12.8 Å². The molecule has 0 unspecified atom stereocenters. The predicted octanol–water partition coefficient (Wildman–Crippen LogP) is -3.56. The molecule has 0 fully saturated rings. The van der Waals surface area contributed by atoms with Gasteiger partial charge in [-0.1, -0.05) is 0 Å². The summed E-state index contributed by atoms with van der Waals surface area (Å²) in [7, 11) is 0. The molecule has 92 valence electrons. The van der Waals surface area contributed by atoms with Crippen LogP contribution in [0.1, 0.15) is 21.2 Å². The van der Waals surface area contributed by atoms with E-state index in [0.29, 0.717) is 0 Å². The number of aliphatic carboxylic acids is 3. The van der Waals surface area contributed by atoms with E-state index in [1.165, 1.54) is 0 Å². The van der Waals surface area contributed by atoms with Crippen molar-refractivity contribution < 1.29 is 70.2 Å². The first-order chi connectivity index (χ1) is 7.19. The number of carbonyl (C=O) groups is 4. The summed E-state index contributed by atoms with van der Waals surface area (Å²) in [5.41, 5.74) is -2.57. The Kier molecular flexibility index (Phi) is 7.79. The van der Waals surface area contributed by atoms with Crippen LogP contribution in [0.4, 0.5) is 0 Å². The van der Waals surface area contributed by atoms with Crippen LogP contribution in [0, 0.1) is 0 Å². The number of ether oxygens (including phenoxy) is 1. The number of esters is 1. The normalized spacial score (nSPS) is 9.94. The Morgan fingerprint density at radius 2 is 1.41 bits per heavy atom. The van der Waals surface area contributed by atoms with Crippen LogP contribution < -0.4 is 29.6 Å². The second-order valence-electron chi connectivity index (χ2n) is 3.03. The molecule has 0 heterocycles. The van der Waals surface area contributed by atoms with E-state index in [2.05, 4.69) is 4.74 Å². The molecular weight excluding hydrogens is 247 g/mol. The molecule has 3 N–H and O–H groups in total. The molecule has 0 aliphatic carbocycles. The van der Waals surface area contributed by atoms with Gasteiger partial charge in [-0.3, -0.25) is 14.4 Å². The number of hydrogen-bond acceptors (Lipinski definition) is 5. The van der Waals surface area contributed by atoms with Gasteiger partial charge in [0.15, 0.2) is 0 Å². The summed E-state index contributed by atoms with van der Waals surface area (Å²) in [6.45, 7) is 0.862. The average Bonchev–Trinajstić information content (AvgIpc) is 1.98. The monoisotopic (exact) mass is 258 g/mol. The molecule has 8 nitrogen and oxygen atoms in total. The first-order valence-corrected chi connectivity index (χ1v) is 4.06. The van der Waals surface area contributed by atoms with Gasteiger partial charge in [-0.2, -0.15) is 0 Å². The van der Waals surface area contributed by atoms with Gasteiger partial charge in [0, 0.05) is 6.92 Å².